The van der Waals surface area contributed by atoms with E-state index in [9.17, 15) is 0 Å². The number of benzene rings is 2. The minimum atomic E-state index is 0.741. The maximum Gasteiger partial charge on any atom is 0.220 e. The molecule has 0 amide bonds. The highest BCUT2D eigenvalue weighted by molar-refractivity contribution is 5.94. The number of hydrogen-bond acceptors (Lipinski definition) is 0. The Balaban J connectivity index is 1.62. The summed E-state index contributed by atoms with van der Waals surface area (Å²) >= 11 is 0. The fourth-order valence-electron chi connectivity index (χ4n) is 6.22. The summed E-state index contributed by atoms with van der Waals surface area (Å²) in [5.74, 6) is 1.50. The molecule has 0 N–H and O–H groups in total. The molecule has 1 heteroatoms. The van der Waals surface area contributed by atoms with E-state index in [4.69, 9.17) is 0 Å². The molecular formula is C30H38N+. The SMILES string of the molecule is Cc1cc(C2CCCCC2)cc(-c2c3ccc(C4CCCCC4)cc3cc[n+]2C)c1C. The first-order valence-corrected chi connectivity index (χ1v) is 12.7. The lowest BCUT2D eigenvalue weighted by Crippen LogP contribution is -2.31. The van der Waals surface area contributed by atoms with Gasteiger partial charge in [-0.3, -0.25) is 0 Å². The molecule has 1 nitrogen and oxygen atoms in total. The van der Waals surface area contributed by atoms with Gasteiger partial charge in [0.05, 0.1) is 10.9 Å². The van der Waals surface area contributed by atoms with Gasteiger partial charge in [0.1, 0.15) is 7.05 Å². The summed E-state index contributed by atoms with van der Waals surface area (Å²) in [6.07, 6.45) is 16.1. The Hall–Kier alpha value is -2.15. The van der Waals surface area contributed by atoms with Gasteiger partial charge >= 0.3 is 0 Å². The van der Waals surface area contributed by atoms with Gasteiger partial charge in [-0.2, -0.15) is 0 Å². The van der Waals surface area contributed by atoms with Gasteiger partial charge < -0.3 is 0 Å². The topological polar surface area (TPSA) is 3.88 Å². The molecule has 0 saturated heterocycles. The molecule has 2 aromatic carbocycles. The zero-order chi connectivity index (χ0) is 21.4. The van der Waals surface area contributed by atoms with Crippen LogP contribution in [-0.2, 0) is 7.05 Å². The molecule has 2 aliphatic carbocycles. The monoisotopic (exact) mass is 412 g/mol. The summed E-state index contributed by atoms with van der Waals surface area (Å²) in [6.45, 7) is 4.61. The summed E-state index contributed by atoms with van der Waals surface area (Å²) in [4.78, 5) is 0. The Morgan fingerprint density at radius 1 is 0.710 bits per heavy atom. The number of hydrogen-bond donors (Lipinski definition) is 0. The van der Waals surface area contributed by atoms with Crippen molar-refractivity contribution >= 4 is 10.8 Å². The van der Waals surface area contributed by atoms with E-state index in [2.05, 4.69) is 68.1 Å². The summed E-state index contributed by atoms with van der Waals surface area (Å²) in [7, 11) is 2.21. The van der Waals surface area contributed by atoms with Crippen LogP contribution in [0.3, 0.4) is 0 Å². The third kappa shape index (κ3) is 4.04. The fourth-order valence-corrected chi connectivity index (χ4v) is 6.22. The van der Waals surface area contributed by atoms with Gasteiger partial charge in [0.15, 0.2) is 6.20 Å². The average molecular weight is 413 g/mol. The van der Waals surface area contributed by atoms with Crippen LogP contribution in [0.5, 0.6) is 0 Å². The third-order valence-electron chi connectivity index (χ3n) is 8.26. The van der Waals surface area contributed by atoms with Crippen LogP contribution >= 0.6 is 0 Å². The summed E-state index contributed by atoms with van der Waals surface area (Å²) in [5.41, 5.74) is 8.79. The highest BCUT2D eigenvalue weighted by Gasteiger charge is 2.23. The zero-order valence-corrected chi connectivity index (χ0v) is 19.7. The van der Waals surface area contributed by atoms with E-state index < -0.39 is 0 Å². The lowest BCUT2D eigenvalue weighted by molar-refractivity contribution is -0.659. The van der Waals surface area contributed by atoms with Crippen molar-refractivity contribution in [1.29, 1.82) is 0 Å². The smallest absolute Gasteiger partial charge is 0.200 e. The van der Waals surface area contributed by atoms with Crippen molar-refractivity contribution in [2.24, 2.45) is 7.05 Å². The second kappa shape index (κ2) is 8.77. The Morgan fingerprint density at radius 2 is 1.35 bits per heavy atom. The van der Waals surface area contributed by atoms with E-state index in [1.165, 1.54) is 97.4 Å². The van der Waals surface area contributed by atoms with Gasteiger partial charge in [0, 0.05) is 6.07 Å². The molecule has 5 rings (SSSR count). The van der Waals surface area contributed by atoms with Crippen LogP contribution in [0.2, 0.25) is 0 Å². The predicted octanol–water partition coefficient (Wildman–Crippen LogP) is 8.04. The molecule has 0 aliphatic heterocycles. The predicted molar refractivity (Wildman–Crippen MR) is 132 cm³/mol. The van der Waals surface area contributed by atoms with Gasteiger partial charge in [-0.1, -0.05) is 56.7 Å². The van der Waals surface area contributed by atoms with Crippen LogP contribution in [0.15, 0.2) is 42.6 Å². The Bertz CT molecular complexity index is 1080. The third-order valence-corrected chi connectivity index (χ3v) is 8.26. The van der Waals surface area contributed by atoms with E-state index in [1.54, 1.807) is 11.1 Å². The van der Waals surface area contributed by atoms with Crippen LogP contribution in [-0.4, -0.2) is 0 Å². The molecule has 3 aromatic rings. The number of nitrogens with zero attached hydrogens (tertiary/aromatic N) is 1. The van der Waals surface area contributed by atoms with Gasteiger partial charge in [-0.05, 0) is 91.1 Å². The lowest BCUT2D eigenvalue weighted by atomic mass is 9.81. The highest BCUT2D eigenvalue weighted by atomic mass is 14.9. The van der Waals surface area contributed by atoms with Crippen molar-refractivity contribution < 1.29 is 4.57 Å². The Morgan fingerprint density at radius 3 is 2.03 bits per heavy atom. The van der Waals surface area contributed by atoms with E-state index >= 15 is 0 Å². The number of rotatable bonds is 3. The van der Waals surface area contributed by atoms with Crippen LogP contribution in [0.1, 0.15) is 98.3 Å². The molecule has 1 heterocycles. The van der Waals surface area contributed by atoms with Crippen molar-refractivity contribution in [2.75, 3.05) is 0 Å². The molecule has 2 aliphatic rings. The van der Waals surface area contributed by atoms with Gasteiger partial charge in [0.25, 0.3) is 0 Å². The average Bonchev–Trinajstić information content (AvgIpc) is 2.82. The van der Waals surface area contributed by atoms with E-state index in [0.29, 0.717) is 0 Å². The second-order valence-corrected chi connectivity index (χ2v) is 10.3. The van der Waals surface area contributed by atoms with E-state index in [0.717, 1.165) is 11.8 Å². The van der Waals surface area contributed by atoms with Crippen molar-refractivity contribution in [3.05, 3.63) is 64.8 Å². The zero-order valence-electron chi connectivity index (χ0n) is 19.7. The number of aromatic nitrogens is 1. The number of fused-ring (bicyclic) bond motifs is 1. The Kier molecular flexibility index (Phi) is 5.87. The number of pyridine rings is 1. The standard InChI is InChI=1S/C30H38N/c1-21-18-27(24-12-8-5-9-13-24)20-29(22(21)2)30-28-15-14-25(23-10-6-4-7-11-23)19-26(28)16-17-31(30)3/h14-20,23-24H,4-13H2,1-3H3/q+1. The first-order chi connectivity index (χ1) is 15.1. The van der Waals surface area contributed by atoms with Crippen molar-refractivity contribution in [2.45, 2.75) is 89.9 Å². The molecular weight excluding hydrogens is 374 g/mol. The van der Waals surface area contributed by atoms with Crippen LogP contribution in [0.4, 0.5) is 0 Å². The van der Waals surface area contributed by atoms with Gasteiger partial charge in [-0.25, -0.2) is 4.57 Å². The normalized spacial score (nSPS) is 18.5. The second-order valence-electron chi connectivity index (χ2n) is 10.3. The van der Waals surface area contributed by atoms with Crippen LogP contribution in [0, 0.1) is 13.8 Å². The molecule has 0 unspecified atom stereocenters. The largest absolute Gasteiger partial charge is 0.220 e. The van der Waals surface area contributed by atoms with Gasteiger partial charge in [-0.15, -0.1) is 0 Å². The molecule has 31 heavy (non-hydrogen) atoms. The van der Waals surface area contributed by atoms with Crippen molar-refractivity contribution in [3.8, 4) is 11.3 Å². The number of aryl methyl sites for hydroxylation is 2. The molecule has 1 aromatic heterocycles. The minimum Gasteiger partial charge on any atom is -0.200 e. The maximum absolute atomic E-state index is 2.53. The quantitative estimate of drug-likeness (QED) is 0.383. The highest BCUT2D eigenvalue weighted by Crippen LogP contribution is 2.39. The van der Waals surface area contributed by atoms with Crippen molar-refractivity contribution in [1.82, 2.24) is 0 Å². The van der Waals surface area contributed by atoms with Gasteiger partial charge in [0.2, 0.25) is 5.69 Å². The minimum absolute atomic E-state index is 0.741. The summed E-state index contributed by atoms with van der Waals surface area (Å²) in [6, 6.07) is 14.6. The molecule has 162 valence electrons. The molecule has 0 atom stereocenters. The molecule has 0 spiro atoms. The first kappa shape index (κ1) is 20.7. The van der Waals surface area contributed by atoms with Crippen LogP contribution in [0.25, 0.3) is 22.0 Å². The van der Waals surface area contributed by atoms with Crippen molar-refractivity contribution in [3.63, 3.8) is 0 Å². The molecule has 2 saturated carbocycles. The summed E-state index contributed by atoms with van der Waals surface area (Å²) in [5, 5.41) is 2.80. The first-order valence-electron chi connectivity index (χ1n) is 12.7. The molecule has 0 bridgehead atoms. The van der Waals surface area contributed by atoms with Crippen LogP contribution < -0.4 is 4.57 Å². The maximum atomic E-state index is 2.53. The lowest BCUT2D eigenvalue weighted by Gasteiger charge is -2.24. The van der Waals surface area contributed by atoms with E-state index in [1.807, 2.05) is 0 Å². The Labute approximate surface area is 188 Å². The molecule has 0 radical (unpaired) electrons. The fraction of sp³-hybridized carbons (Fsp3) is 0.500. The summed E-state index contributed by atoms with van der Waals surface area (Å²) < 4.78 is 2.34. The molecule has 2 fully saturated rings. The van der Waals surface area contributed by atoms with E-state index in [-0.39, 0.29) is 0 Å².